The molecule has 0 saturated carbocycles. The number of amides is 1. The fourth-order valence-electron chi connectivity index (χ4n) is 2.94. The largest absolute Gasteiger partial charge is 0.325 e. The quantitative estimate of drug-likeness (QED) is 0.466. The van der Waals surface area contributed by atoms with Crippen molar-refractivity contribution in [2.75, 3.05) is 5.32 Å². The van der Waals surface area contributed by atoms with Crippen LogP contribution in [0.2, 0.25) is 0 Å². The average molecular weight is 414 g/mol. The van der Waals surface area contributed by atoms with Crippen molar-refractivity contribution in [1.29, 1.82) is 0 Å². The number of pyridine rings is 1. The summed E-state index contributed by atoms with van der Waals surface area (Å²) < 4.78 is 4.20. The van der Waals surface area contributed by atoms with Crippen LogP contribution in [0, 0.1) is 4.77 Å². The van der Waals surface area contributed by atoms with Crippen LogP contribution in [0.15, 0.2) is 36.0 Å². The topological polar surface area (TPSA) is 93.4 Å². The van der Waals surface area contributed by atoms with Crippen LogP contribution in [0.1, 0.15) is 26.3 Å². The number of H-pyrrole nitrogens is 1. The van der Waals surface area contributed by atoms with Crippen molar-refractivity contribution in [3.05, 3.63) is 40.7 Å². The van der Waals surface area contributed by atoms with Gasteiger partial charge in [-0.2, -0.15) is 10.2 Å². The summed E-state index contributed by atoms with van der Waals surface area (Å²) in [4.78, 5) is 17.9. The summed E-state index contributed by atoms with van der Waals surface area (Å²) >= 11 is 6.88. The molecule has 0 aliphatic heterocycles. The van der Waals surface area contributed by atoms with Gasteiger partial charge in [-0.15, -0.1) is 11.3 Å². The van der Waals surface area contributed by atoms with Crippen LogP contribution >= 0.6 is 23.6 Å². The molecule has 0 atom stereocenters. The minimum absolute atomic E-state index is 0.113. The van der Waals surface area contributed by atoms with Gasteiger partial charge in [-0.1, -0.05) is 6.07 Å². The first-order valence-corrected chi connectivity index (χ1v) is 10.1. The molecule has 0 saturated heterocycles. The molecule has 4 aromatic heterocycles. The number of nitrogens with one attached hydrogen (secondary N) is 2. The number of anilines is 1. The third kappa shape index (κ3) is 3.60. The summed E-state index contributed by atoms with van der Waals surface area (Å²) in [7, 11) is 0. The number of fused-ring (bicyclic) bond motifs is 1. The van der Waals surface area contributed by atoms with Gasteiger partial charge in [-0.3, -0.25) is 14.5 Å². The molecular weight excluding hydrogens is 394 g/mol. The van der Waals surface area contributed by atoms with Gasteiger partial charge in [0.2, 0.25) is 5.91 Å². The Morgan fingerprint density at radius 1 is 1.39 bits per heavy atom. The summed E-state index contributed by atoms with van der Waals surface area (Å²) in [5, 5.41) is 17.2. The van der Waals surface area contributed by atoms with Crippen LogP contribution in [0.25, 0.3) is 21.7 Å². The fraction of sp³-hybridized carbons (Fsp3) is 0.278. The minimum Gasteiger partial charge on any atom is -0.325 e. The van der Waals surface area contributed by atoms with Gasteiger partial charge in [0.15, 0.2) is 16.2 Å². The molecule has 8 nitrogen and oxygen atoms in total. The number of aromatic amines is 1. The Morgan fingerprint density at radius 3 is 3.00 bits per heavy atom. The van der Waals surface area contributed by atoms with E-state index in [-0.39, 0.29) is 18.4 Å². The zero-order valence-corrected chi connectivity index (χ0v) is 17.0. The van der Waals surface area contributed by atoms with Crippen LogP contribution in [0.4, 0.5) is 5.69 Å². The molecule has 0 aromatic carbocycles. The first-order chi connectivity index (χ1) is 13.5. The van der Waals surface area contributed by atoms with Crippen molar-refractivity contribution in [3.63, 3.8) is 0 Å². The van der Waals surface area contributed by atoms with Crippen molar-refractivity contribution in [1.82, 2.24) is 29.5 Å². The Balaban J connectivity index is 1.45. The predicted molar refractivity (Wildman–Crippen MR) is 112 cm³/mol. The third-order valence-corrected chi connectivity index (χ3v) is 5.45. The van der Waals surface area contributed by atoms with E-state index in [0.29, 0.717) is 17.0 Å². The lowest BCUT2D eigenvalue weighted by Gasteiger charge is -2.08. The van der Waals surface area contributed by atoms with E-state index in [9.17, 15) is 4.79 Å². The maximum atomic E-state index is 12.4. The highest BCUT2D eigenvalue weighted by Gasteiger charge is 2.13. The minimum atomic E-state index is -0.113. The van der Waals surface area contributed by atoms with Gasteiger partial charge in [-0.25, -0.2) is 9.67 Å². The van der Waals surface area contributed by atoms with Gasteiger partial charge in [-0.05, 0) is 43.6 Å². The number of nitrogens with zero attached hydrogens (tertiary/aromatic N) is 5. The molecule has 4 heterocycles. The number of aromatic nitrogens is 6. The highest BCUT2D eigenvalue weighted by Crippen LogP contribution is 2.23. The number of carbonyl (C=O) groups excluding carboxylic acids is 1. The van der Waals surface area contributed by atoms with Gasteiger partial charge in [0.25, 0.3) is 0 Å². The maximum absolute atomic E-state index is 12.4. The highest BCUT2D eigenvalue weighted by molar-refractivity contribution is 7.71. The van der Waals surface area contributed by atoms with Crippen LogP contribution in [-0.2, 0) is 11.3 Å². The second-order valence-corrected chi connectivity index (χ2v) is 7.93. The molecular formula is C18H19N7OS2. The molecule has 2 N–H and O–H groups in total. The summed E-state index contributed by atoms with van der Waals surface area (Å²) in [5.41, 5.74) is 1.45. The molecule has 0 fully saturated rings. The van der Waals surface area contributed by atoms with Crippen molar-refractivity contribution in [2.45, 2.75) is 32.9 Å². The number of hydrogen-bond acceptors (Lipinski definition) is 6. The number of rotatable bonds is 6. The summed E-state index contributed by atoms with van der Waals surface area (Å²) in [6, 6.07) is 6.04. The molecule has 10 heteroatoms. The molecule has 0 bridgehead atoms. The Morgan fingerprint density at radius 2 is 2.25 bits per heavy atom. The van der Waals surface area contributed by atoms with Gasteiger partial charge >= 0.3 is 0 Å². The van der Waals surface area contributed by atoms with Crippen LogP contribution in [0.5, 0.6) is 0 Å². The van der Waals surface area contributed by atoms with Crippen molar-refractivity contribution < 1.29 is 4.79 Å². The van der Waals surface area contributed by atoms with E-state index in [1.54, 1.807) is 23.7 Å². The Hall–Kier alpha value is -2.85. The van der Waals surface area contributed by atoms with Gasteiger partial charge in [0.1, 0.15) is 0 Å². The lowest BCUT2D eigenvalue weighted by molar-refractivity contribution is -0.116. The molecule has 0 unspecified atom stereocenters. The smallest absolute Gasteiger partial charge is 0.226 e. The van der Waals surface area contributed by atoms with E-state index in [0.717, 1.165) is 21.7 Å². The Bertz CT molecular complexity index is 1170. The molecule has 1 amide bonds. The second-order valence-electron chi connectivity index (χ2n) is 6.60. The number of carbonyl (C=O) groups is 1. The Kier molecular flexibility index (Phi) is 5.05. The SMILES string of the molecule is CC(C)n1ncc2cc(NC(=O)CCn3c(-c4cccs4)n[nH]c3=S)cnc21. The molecule has 4 aromatic rings. The monoisotopic (exact) mass is 413 g/mol. The molecule has 0 aliphatic rings. The normalized spacial score (nSPS) is 11.4. The molecule has 144 valence electrons. The maximum Gasteiger partial charge on any atom is 0.226 e. The van der Waals surface area contributed by atoms with E-state index < -0.39 is 0 Å². The van der Waals surface area contributed by atoms with Crippen LogP contribution in [-0.4, -0.2) is 35.4 Å². The van der Waals surface area contributed by atoms with Crippen molar-refractivity contribution >= 4 is 46.2 Å². The fourth-order valence-corrected chi connectivity index (χ4v) is 3.89. The molecule has 28 heavy (non-hydrogen) atoms. The standard InChI is InChI=1S/C18H19N7OS2/c1-11(2)25-16-12(9-20-25)8-13(10-19-16)21-15(26)5-6-24-17(22-23-18(24)27)14-4-3-7-28-14/h3-4,7-11H,5-6H2,1-2H3,(H,21,26)(H,23,27). The summed E-state index contributed by atoms with van der Waals surface area (Å²) in [5.74, 6) is 0.634. The molecule has 0 spiro atoms. The van der Waals surface area contributed by atoms with Crippen LogP contribution in [0.3, 0.4) is 0 Å². The van der Waals surface area contributed by atoms with Gasteiger partial charge in [0, 0.05) is 24.4 Å². The Labute approximate surface area is 170 Å². The molecule has 0 aliphatic carbocycles. The van der Waals surface area contributed by atoms with E-state index >= 15 is 0 Å². The zero-order chi connectivity index (χ0) is 19.7. The van der Waals surface area contributed by atoms with E-state index in [1.807, 2.05) is 32.8 Å². The van der Waals surface area contributed by atoms with E-state index in [4.69, 9.17) is 12.2 Å². The second kappa shape index (κ2) is 7.64. The number of thiophene rings is 1. The number of hydrogen-bond donors (Lipinski definition) is 2. The zero-order valence-electron chi connectivity index (χ0n) is 15.4. The van der Waals surface area contributed by atoms with Gasteiger partial charge < -0.3 is 5.32 Å². The van der Waals surface area contributed by atoms with E-state index in [2.05, 4.69) is 39.4 Å². The third-order valence-electron chi connectivity index (χ3n) is 4.27. The van der Waals surface area contributed by atoms with Crippen LogP contribution < -0.4 is 5.32 Å². The summed E-state index contributed by atoms with van der Waals surface area (Å²) in [6.07, 6.45) is 3.69. The van der Waals surface area contributed by atoms with E-state index in [1.165, 1.54) is 0 Å². The first kappa shape index (κ1) is 18.5. The molecule has 4 rings (SSSR count). The lowest BCUT2D eigenvalue weighted by Crippen LogP contribution is -2.15. The lowest BCUT2D eigenvalue weighted by atomic mass is 10.3. The molecule has 0 radical (unpaired) electrons. The van der Waals surface area contributed by atoms with Crippen molar-refractivity contribution in [2.24, 2.45) is 0 Å². The average Bonchev–Trinajstić information content (AvgIpc) is 3.39. The van der Waals surface area contributed by atoms with Gasteiger partial charge in [0.05, 0.1) is 23.0 Å². The highest BCUT2D eigenvalue weighted by atomic mass is 32.1. The summed E-state index contributed by atoms with van der Waals surface area (Å²) in [6.45, 7) is 4.54. The first-order valence-electron chi connectivity index (χ1n) is 8.85. The van der Waals surface area contributed by atoms with Crippen molar-refractivity contribution in [3.8, 4) is 10.7 Å². The predicted octanol–water partition coefficient (Wildman–Crippen LogP) is 4.02.